The normalized spacial score (nSPS) is 11.1. The summed E-state index contributed by atoms with van der Waals surface area (Å²) in [5, 5.41) is 10.7. The van der Waals surface area contributed by atoms with Crippen molar-refractivity contribution < 1.29 is 18.1 Å². The zero-order valence-electron chi connectivity index (χ0n) is 10.6. The molecule has 6 nitrogen and oxygen atoms in total. The summed E-state index contributed by atoms with van der Waals surface area (Å²) in [5.41, 5.74) is 0.623. The predicted octanol–water partition coefficient (Wildman–Crippen LogP) is 3.10. The van der Waals surface area contributed by atoms with Gasteiger partial charge in [0.2, 0.25) is 0 Å². The van der Waals surface area contributed by atoms with Gasteiger partial charge in [-0.1, -0.05) is 12.1 Å². The highest BCUT2D eigenvalue weighted by Gasteiger charge is 2.10. The fourth-order valence-corrected chi connectivity index (χ4v) is 2.39. The van der Waals surface area contributed by atoms with Crippen LogP contribution in [0.15, 0.2) is 53.4 Å². The Morgan fingerprint density at radius 1 is 1.14 bits per heavy atom. The van der Waals surface area contributed by atoms with E-state index in [2.05, 4.69) is 0 Å². The largest absolute Gasteiger partial charge is 0.489 e. The highest BCUT2D eigenvalue weighted by molar-refractivity contribution is 8.13. The minimum absolute atomic E-state index is 0.0142. The number of hydrogen-bond acceptors (Lipinski definition) is 5. The summed E-state index contributed by atoms with van der Waals surface area (Å²) in [5.74, 6) is 0.436. The minimum atomic E-state index is -3.76. The summed E-state index contributed by atoms with van der Waals surface area (Å²) in [6, 6.07) is 11.7. The Hall–Kier alpha value is -2.12. The second kappa shape index (κ2) is 6.11. The molecule has 0 heterocycles. The molecule has 0 N–H and O–H groups in total. The molecule has 0 spiro atoms. The van der Waals surface area contributed by atoms with Crippen LogP contribution in [0.25, 0.3) is 0 Å². The quantitative estimate of drug-likeness (QED) is 0.478. The molecule has 8 heteroatoms. The number of benzene rings is 2. The van der Waals surface area contributed by atoms with Crippen molar-refractivity contribution in [2.24, 2.45) is 0 Å². The van der Waals surface area contributed by atoms with Gasteiger partial charge in [-0.3, -0.25) is 10.1 Å². The summed E-state index contributed by atoms with van der Waals surface area (Å²) >= 11 is 0. The van der Waals surface area contributed by atoms with Crippen LogP contribution in [0.1, 0.15) is 5.56 Å². The molecule has 21 heavy (non-hydrogen) atoms. The molecule has 0 amide bonds. The summed E-state index contributed by atoms with van der Waals surface area (Å²) in [7, 11) is 1.44. The van der Waals surface area contributed by atoms with Gasteiger partial charge in [-0.2, -0.15) is 0 Å². The monoisotopic (exact) mass is 327 g/mol. The number of nitro benzene ring substituents is 1. The Balaban J connectivity index is 2.06. The van der Waals surface area contributed by atoms with E-state index in [0.717, 1.165) is 0 Å². The average Bonchev–Trinajstić information content (AvgIpc) is 2.45. The van der Waals surface area contributed by atoms with Crippen LogP contribution in [0.4, 0.5) is 5.69 Å². The number of non-ortho nitro benzene ring substituents is 1. The number of nitrogens with zero attached hydrogens (tertiary/aromatic N) is 1. The lowest BCUT2D eigenvalue weighted by Gasteiger charge is -2.06. The van der Waals surface area contributed by atoms with Gasteiger partial charge in [0.15, 0.2) is 0 Å². The van der Waals surface area contributed by atoms with Crippen LogP contribution in [0.5, 0.6) is 5.75 Å². The number of hydrogen-bond donors (Lipinski definition) is 0. The molecule has 0 aliphatic heterocycles. The van der Waals surface area contributed by atoms with E-state index >= 15 is 0 Å². The Morgan fingerprint density at radius 2 is 1.81 bits per heavy atom. The van der Waals surface area contributed by atoms with E-state index in [-0.39, 0.29) is 17.2 Å². The molecule has 0 saturated carbocycles. The van der Waals surface area contributed by atoms with Gasteiger partial charge in [-0.05, 0) is 29.8 Å². The lowest BCUT2D eigenvalue weighted by molar-refractivity contribution is -0.384. The first-order valence-electron chi connectivity index (χ1n) is 5.77. The van der Waals surface area contributed by atoms with Crippen molar-refractivity contribution in [3.8, 4) is 5.75 Å². The molecule has 2 aromatic rings. The number of rotatable bonds is 5. The SMILES string of the molecule is O=[N+]([O-])c1cccc(COc2ccc(S(=O)(=O)Cl)cc2)c1. The molecule has 0 radical (unpaired) electrons. The van der Waals surface area contributed by atoms with Crippen LogP contribution in [-0.4, -0.2) is 13.3 Å². The zero-order chi connectivity index (χ0) is 15.5. The third kappa shape index (κ3) is 4.17. The second-order valence-electron chi connectivity index (χ2n) is 4.12. The fourth-order valence-electron chi connectivity index (χ4n) is 1.62. The van der Waals surface area contributed by atoms with E-state index in [9.17, 15) is 18.5 Å². The van der Waals surface area contributed by atoms with Gasteiger partial charge in [0.1, 0.15) is 12.4 Å². The van der Waals surface area contributed by atoms with Gasteiger partial charge < -0.3 is 4.74 Å². The van der Waals surface area contributed by atoms with Gasteiger partial charge in [0.05, 0.1) is 9.82 Å². The molecule has 110 valence electrons. The van der Waals surface area contributed by atoms with Crippen molar-refractivity contribution in [2.75, 3.05) is 0 Å². The standard InChI is InChI=1S/C13H10ClNO5S/c14-21(18,19)13-6-4-12(5-7-13)20-9-10-2-1-3-11(8-10)15(16)17/h1-8H,9H2. The van der Waals surface area contributed by atoms with Crippen LogP contribution >= 0.6 is 10.7 Å². The lowest BCUT2D eigenvalue weighted by atomic mass is 10.2. The van der Waals surface area contributed by atoms with Gasteiger partial charge >= 0.3 is 0 Å². The molecule has 2 aromatic carbocycles. The van der Waals surface area contributed by atoms with Crippen molar-refractivity contribution in [2.45, 2.75) is 11.5 Å². The molecule has 0 aliphatic rings. The second-order valence-corrected chi connectivity index (χ2v) is 6.69. The van der Waals surface area contributed by atoms with Crippen molar-refractivity contribution in [1.29, 1.82) is 0 Å². The fraction of sp³-hybridized carbons (Fsp3) is 0.0769. The molecule has 0 unspecified atom stereocenters. The molecule has 2 rings (SSSR count). The van der Waals surface area contributed by atoms with E-state index in [1.54, 1.807) is 12.1 Å². The van der Waals surface area contributed by atoms with E-state index in [0.29, 0.717) is 11.3 Å². The van der Waals surface area contributed by atoms with Crippen LogP contribution in [0.2, 0.25) is 0 Å². The molecule has 0 atom stereocenters. The Labute approximate surface area is 125 Å². The third-order valence-electron chi connectivity index (χ3n) is 2.63. The molecule has 0 saturated heterocycles. The van der Waals surface area contributed by atoms with Crippen LogP contribution < -0.4 is 4.74 Å². The maximum Gasteiger partial charge on any atom is 0.269 e. The summed E-state index contributed by atoms with van der Waals surface area (Å²) < 4.78 is 27.6. The Morgan fingerprint density at radius 3 is 2.38 bits per heavy atom. The summed E-state index contributed by atoms with van der Waals surface area (Å²) in [6.45, 7) is 0.134. The van der Waals surface area contributed by atoms with Gasteiger partial charge in [0.25, 0.3) is 14.7 Å². The topological polar surface area (TPSA) is 86.5 Å². The van der Waals surface area contributed by atoms with Crippen molar-refractivity contribution in [1.82, 2.24) is 0 Å². The maximum atomic E-state index is 11.1. The molecule has 0 aromatic heterocycles. The smallest absolute Gasteiger partial charge is 0.269 e. The first-order valence-corrected chi connectivity index (χ1v) is 8.08. The average molecular weight is 328 g/mol. The molecule has 0 bridgehead atoms. The molecule has 0 aliphatic carbocycles. The van der Waals surface area contributed by atoms with E-state index in [4.69, 9.17) is 15.4 Å². The molecule has 0 fully saturated rings. The van der Waals surface area contributed by atoms with Crippen LogP contribution in [-0.2, 0) is 15.7 Å². The summed E-state index contributed by atoms with van der Waals surface area (Å²) in [6.07, 6.45) is 0. The number of halogens is 1. The van der Waals surface area contributed by atoms with Gasteiger partial charge in [-0.25, -0.2) is 8.42 Å². The number of ether oxygens (including phenoxy) is 1. The first kappa shape index (κ1) is 15.3. The predicted molar refractivity (Wildman–Crippen MR) is 76.9 cm³/mol. The van der Waals surface area contributed by atoms with Crippen molar-refractivity contribution >= 4 is 25.4 Å². The van der Waals surface area contributed by atoms with Crippen LogP contribution in [0, 0.1) is 10.1 Å². The summed E-state index contributed by atoms with van der Waals surface area (Å²) in [4.78, 5) is 10.2. The Bertz CT molecular complexity index is 758. The van der Waals surface area contributed by atoms with Crippen molar-refractivity contribution in [3.63, 3.8) is 0 Å². The first-order chi connectivity index (χ1) is 9.86. The van der Waals surface area contributed by atoms with E-state index in [1.807, 2.05) is 0 Å². The maximum absolute atomic E-state index is 11.1. The minimum Gasteiger partial charge on any atom is -0.489 e. The third-order valence-corrected chi connectivity index (χ3v) is 4.00. The van der Waals surface area contributed by atoms with Gasteiger partial charge in [-0.15, -0.1) is 0 Å². The van der Waals surface area contributed by atoms with Crippen LogP contribution in [0.3, 0.4) is 0 Å². The zero-order valence-corrected chi connectivity index (χ0v) is 12.2. The van der Waals surface area contributed by atoms with Gasteiger partial charge in [0, 0.05) is 22.8 Å². The highest BCUT2D eigenvalue weighted by atomic mass is 35.7. The highest BCUT2D eigenvalue weighted by Crippen LogP contribution is 2.20. The van der Waals surface area contributed by atoms with Crippen molar-refractivity contribution in [3.05, 3.63) is 64.2 Å². The van der Waals surface area contributed by atoms with E-state index < -0.39 is 14.0 Å². The molecular weight excluding hydrogens is 318 g/mol. The number of nitro groups is 1. The van der Waals surface area contributed by atoms with E-state index in [1.165, 1.54) is 36.4 Å². The Kier molecular flexibility index (Phi) is 4.44. The molecular formula is C13H10ClNO5S. The lowest BCUT2D eigenvalue weighted by Crippen LogP contribution is -1.97.